The SMILES string of the molecule is CCCCCCCCCCCCCCCC(=O)O[C@H](COC(=O)CCCCCCCCCCCC(C)C)COP(=O)(O)OC[C@@H](O)COP(=O)(O)OC[C@@H](COC(=O)CCCCCCCCCCCC)OC(=O)CCCCCCCCC(C)CC. The topological polar surface area (TPSA) is 237 Å². The molecule has 19 heteroatoms. The average Bonchev–Trinajstić information content (AvgIpc) is 3.59. The van der Waals surface area contributed by atoms with E-state index < -0.39 is 97.5 Å². The van der Waals surface area contributed by atoms with Crippen LogP contribution in [0.2, 0.25) is 0 Å². The predicted molar refractivity (Wildman–Crippen MR) is 340 cm³/mol. The Kier molecular flexibility index (Phi) is 57.1. The van der Waals surface area contributed by atoms with E-state index in [2.05, 4.69) is 41.5 Å². The molecule has 0 fully saturated rings. The number of unbranched alkanes of at least 4 members (excludes halogenated alkanes) is 34. The summed E-state index contributed by atoms with van der Waals surface area (Å²) < 4.78 is 68.1. The fraction of sp³-hybridized carbons (Fsp3) is 0.939. The molecule has 0 radical (unpaired) electrons. The number of phosphoric ester groups is 2. The number of aliphatic hydroxyl groups is 1. The first-order valence-electron chi connectivity index (χ1n) is 34.5. The van der Waals surface area contributed by atoms with E-state index in [1.54, 1.807) is 0 Å². The number of phosphoric acid groups is 2. The van der Waals surface area contributed by atoms with Crippen LogP contribution in [0.15, 0.2) is 0 Å². The number of carbonyl (C=O) groups is 4. The van der Waals surface area contributed by atoms with Crippen molar-refractivity contribution in [2.75, 3.05) is 39.6 Å². The Morgan fingerprint density at radius 1 is 0.341 bits per heavy atom. The molecule has 0 aliphatic heterocycles. The van der Waals surface area contributed by atoms with Crippen LogP contribution in [0.3, 0.4) is 0 Å². The molecular weight excluding hydrogens is 1130 g/mol. The van der Waals surface area contributed by atoms with Crippen LogP contribution in [0, 0.1) is 11.8 Å². The predicted octanol–water partition coefficient (Wildman–Crippen LogP) is 18.4. The van der Waals surface area contributed by atoms with Crippen molar-refractivity contribution in [3.05, 3.63) is 0 Å². The maximum absolute atomic E-state index is 13.0. The van der Waals surface area contributed by atoms with Crippen LogP contribution in [0.1, 0.15) is 330 Å². The van der Waals surface area contributed by atoms with E-state index >= 15 is 0 Å². The van der Waals surface area contributed by atoms with Gasteiger partial charge in [-0.1, -0.05) is 279 Å². The molecule has 0 aromatic heterocycles. The van der Waals surface area contributed by atoms with Crippen molar-refractivity contribution in [2.24, 2.45) is 11.8 Å². The molecule has 3 unspecified atom stereocenters. The van der Waals surface area contributed by atoms with Crippen LogP contribution >= 0.6 is 15.6 Å². The first-order chi connectivity index (χ1) is 40.9. The highest BCUT2D eigenvalue weighted by Gasteiger charge is 2.30. The zero-order valence-electron chi connectivity index (χ0n) is 54.9. The van der Waals surface area contributed by atoms with Crippen LogP contribution in [-0.2, 0) is 65.4 Å². The Labute approximate surface area is 517 Å². The molecule has 17 nitrogen and oxygen atoms in total. The second kappa shape index (κ2) is 58.4. The molecule has 3 N–H and O–H groups in total. The number of rotatable bonds is 65. The molecule has 0 saturated heterocycles. The Hall–Kier alpha value is -1.94. The first-order valence-corrected chi connectivity index (χ1v) is 37.5. The number of esters is 4. The van der Waals surface area contributed by atoms with Gasteiger partial charge in [0.1, 0.15) is 19.3 Å². The zero-order valence-corrected chi connectivity index (χ0v) is 56.7. The van der Waals surface area contributed by atoms with Crippen LogP contribution in [0.4, 0.5) is 0 Å². The van der Waals surface area contributed by atoms with Crippen LogP contribution in [0.5, 0.6) is 0 Å². The monoisotopic (exact) mass is 1250 g/mol. The third kappa shape index (κ3) is 59.5. The zero-order chi connectivity index (χ0) is 62.9. The standard InChI is InChI=1S/C66H128O17P2/c1-7-10-12-14-16-18-20-21-22-26-31-38-44-50-65(70)82-61(54-76-64(69)49-43-37-30-27-23-24-28-34-40-46-58(4)5)56-80-84(72,73)78-52-60(67)53-79-85(74,75)81-57-62(83-66(71)51-45-39-33-32-35-41-47-59(6)9-3)55-77-63(68)48-42-36-29-25-19-17-15-13-11-8-2/h58-62,67H,7-57H2,1-6H3,(H,72,73)(H,74,75)/t59?,60-,61-,62-/m1/s1. The van der Waals surface area contributed by atoms with Crippen molar-refractivity contribution in [2.45, 2.75) is 349 Å². The van der Waals surface area contributed by atoms with Gasteiger partial charge in [0.05, 0.1) is 26.4 Å². The molecule has 0 saturated carbocycles. The minimum Gasteiger partial charge on any atom is -0.462 e. The molecule has 0 amide bonds. The maximum atomic E-state index is 13.0. The number of hydrogen-bond acceptors (Lipinski definition) is 15. The van der Waals surface area contributed by atoms with Crippen LogP contribution < -0.4 is 0 Å². The van der Waals surface area contributed by atoms with E-state index in [0.29, 0.717) is 25.7 Å². The highest BCUT2D eigenvalue weighted by Crippen LogP contribution is 2.45. The molecule has 0 rings (SSSR count). The Bertz CT molecular complexity index is 1670. The molecule has 0 aromatic rings. The van der Waals surface area contributed by atoms with Gasteiger partial charge in [0.2, 0.25) is 0 Å². The fourth-order valence-electron chi connectivity index (χ4n) is 9.85. The summed E-state index contributed by atoms with van der Waals surface area (Å²) in [5.74, 6) is -0.667. The summed E-state index contributed by atoms with van der Waals surface area (Å²) in [6.07, 6.45) is 41.6. The summed E-state index contributed by atoms with van der Waals surface area (Å²) in [4.78, 5) is 72.3. The normalized spacial score (nSPS) is 14.6. The lowest BCUT2D eigenvalue weighted by molar-refractivity contribution is -0.161. The lowest BCUT2D eigenvalue weighted by Crippen LogP contribution is -2.30. The molecule has 0 aromatic carbocycles. The van der Waals surface area contributed by atoms with Crippen molar-refractivity contribution in [3.63, 3.8) is 0 Å². The average molecular weight is 1260 g/mol. The molecule has 504 valence electrons. The summed E-state index contributed by atoms with van der Waals surface area (Å²) in [5.41, 5.74) is 0. The smallest absolute Gasteiger partial charge is 0.462 e. The van der Waals surface area contributed by atoms with E-state index in [1.165, 1.54) is 148 Å². The van der Waals surface area contributed by atoms with Gasteiger partial charge in [0.25, 0.3) is 0 Å². The van der Waals surface area contributed by atoms with Gasteiger partial charge in [-0.05, 0) is 37.5 Å². The molecule has 6 atom stereocenters. The van der Waals surface area contributed by atoms with E-state index in [4.69, 9.17) is 37.0 Å². The van der Waals surface area contributed by atoms with Crippen molar-refractivity contribution in [1.82, 2.24) is 0 Å². The third-order valence-electron chi connectivity index (χ3n) is 15.6. The summed E-state index contributed by atoms with van der Waals surface area (Å²) in [6, 6.07) is 0. The van der Waals surface area contributed by atoms with Crippen molar-refractivity contribution in [3.8, 4) is 0 Å². The molecule has 0 spiro atoms. The van der Waals surface area contributed by atoms with Crippen molar-refractivity contribution < 1.29 is 80.2 Å². The second-order valence-corrected chi connectivity index (χ2v) is 27.5. The van der Waals surface area contributed by atoms with Crippen LogP contribution in [0.25, 0.3) is 0 Å². The largest absolute Gasteiger partial charge is 0.472 e. The number of ether oxygens (including phenoxy) is 4. The van der Waals surface area contributed by atoms with E-state index in [9.17, 15) is 43.2 Å². The second-order valence-electron chi connectivity index (χ2n) is 24.6. The van der Waals surface area contributed by atoms with Gasteiger partial charge in [0, 0.05) is 25.7 Å². The van der Waals surface area contributed by atoms with E-state index in [1.807, 2.05) is 0 Å². The number of carbonyl (C=O) groups excluding carboxylic acids is 4. The van der Waals surface area contributed by atoms with Gasteiger partial charge in [-0.25, -0.2) is 9.13 Å². The molecular formula is C66H128O17P2. The maximum Gasteiger partial charge on any atom is 0.472 e. The lowest BCUT2D eigenvalue weighted by Gasteiger charge is -2.21. The Balaban J connectivity index is 5.25. The lowest BCUT2D eigenvalue weighted by atomic mass is 10.00. The molecule has 0 bridgehead atoms. The summed E-state index contributed by atoms with van der Waals surface area (Å²) in [7, 11) is -9.89. The highest BCUT2D eigenvalue weighted by molar-refractivity contribution is 7.47. The van der Waals surface area contributed by atoms with Gasteiger partial charge in [0.15, 0.2) is 12.2 Å². The fourth-order valence-corrected chi connectivity index (χ4v) is 11.4. The number of hydrogen-bond donors (Lipinski definition) is 3. The minimum atomic E-state index is -4.95. The van der Waals surface area contributed by atoms with Gasteiger partial charge in [-0.15, -0.1) is 0 Å². The summed E-state index contributed by atoms with van der Waals surface area (Å²) >= 11 is 0. The van der Waals surface area contributed by atoms with Gasteiger partial charge in [-0.3, -0.25) is 37.3 Å². The highest BCUT2D eigenvalue weighted by atomic mass is 31.2. The van der Waals surface area contributed by atoms with Crippen LogP contribution in [-0.4, -0.2) is 96.7 Å². The van der Waals surface area contributed by atoms with Gasteiger partial charge >= 0.3 is 39.5 Å². The molecule has 85 heavy (non-hydrogen) atoms. The summed E-state index contributed by atoms with van der Waals surface area (Å²) in [6.45, 7) is 9.44. The quantitative estimate of drug-likeness (QED) is 0.0222. The van der Waals surface area contributed by atoms with Crippen molar-refractivity contribution >= 4 is 39.5 Å². The summed E-state index contributed by atoms with van der Waals surface area (Å²) in [5, 5.41) is 10.6. The molecule has 0 aliphatic carbocycles. The Morgan fingerprint density at radius 3 is 0.894 bits per heavy atom. The Morgan fingerprint density at radius 2 is 0.600 bits per heavy atom. The van der Waals surface area contributed by atoms with E-state index in [-0.39, 0.29) is 25.7 Å². The van der Waals surface area contributed by atoms with Gasteiger partial charge < -0.3 is 33.8 Å². The molecule has 0 aliphatic rings. The molecule has 0 heterocycles. The minimum absolute atomic E-state index is 0.103. The number of aliphatic hydroxyl groups excluding tert-OH is 1. The first kappa shape index (κ1) is 83.1. The third-order valence-corrected chi connectivity index (χ3v) is 17.5. The van der Waals surface area contributed by atoms with E-state index in [0.717, 1.165) is 102 Å². The van der Waals surface area contributed by atoms with Gasteiger partial charge in [-0.2, -0.15) is 0 Å². The van der Waals surface area contributed by atoms with Crippen molar-refractivity contribution in [1.29, 1.82) is 0 Å².